The zero-order valence-corrected chi connectivity index (χ0v) is 15.7. The van der Waals surface area contributed by atoms with Crippen LogP contribution in [0.4, 0.5) is 22.0 Å². The lowest BCUT2D eigenvalue weighted by atomic mass is 10.0. The first-order chi connectivity index (χ1) is 13.6. The molecule has 2 aromatic rings. The van der Waals surface area contributed by atoms with E-state index in [1.54, 1.807) is 0 Å². The summed E-state index contributed by atoms with van der Waals surface area (Å²) in [5.74, 6) is -0.234. The Kier molecular flexibility index (Phi) is 4.95. The molecule has 0 N–H and O–H groups in total. The van der Waals surface area contributed by atoms with Crippen LogP contribution in [-0.2, 0) is 23.9 Å². The lowest BCUT2D eigenvalue weighted by Gasteiger charge is -2.26. The summed E-state index contributed by atoms with van der Waals surface area (Å²) < 4.78 is 67.2. The molecule has 0 radical (unpaired) electrons. The summed E-state index contributed by atoms with van der Waals surface area (Å²) >= 11 is 0.421. The number of hydrogen-bond donors (Lipinski definition) is 0. The van der Waals surface area contributed by atoms with Gasteiger partial charge < -0.3 is 4.90 Å². The Labute approximate surface area is 164 Å². The third kappa shape index (κ3) is 3.67. The van der Waals surface area contributed by atoms with Crippen molar-refractivity contribution in [3.05, 3.63) is 32.4 Å². The second-order valence-electron chi connectivity index (χ2n) is 7.05. The number of carbonyl (C=O) groups excluding carboxylic acids is 1. The van der Waals surface area contributed by atoms with E-state index in [9.17, 15) is 31.5 Å². The van der Waals surface area contributed by atoms with Gasteiger partial charge in [-0.05, 0) is 12.8 Å². The van der Waals surface area contributed by atoms with Gasteiger partial charge >= 0.3 is 11.9 Å². The van der Waals surface area contributed by atoms with Crippen molar-refractivity contribution in [3.63, 3.8) is 0 Å². The number of rotatable bonds is 3. The van der Waals surface area contributed by atoms with Crippen molar-refractivity contribution in [2.24, 2.45) is 0 Å². The number of nitrogens with zero attached hydrogens (tertiary/aromatic N) is 5. The zero-order chi connectivity index (χ0) is 20.9. The number of aromatic nitrogens is 4. The summed E-state index contributed by atoms with van der Waals surface area (Å²) in [5.41, 5.74) is -0.629. The molecule has 0 saturated carbocycles. The normalized spacial score (nSPS) is 24.7. The van der Waals surface area contributed by atoms with Crippen molar-refractivity contribution < 1.29 is 26.7 Å². The van der Waals surface area contributed by atoms with Crippen molar-refractivity contribution >= 4 is 17.2 Å². The van der Waals surface area contributed by atoms with Crippen LogP contribution in [0.15, 0.2) is 10.2 Å². The van der Waals surface area contributed by atoms with E-state index in [-0.39, 0.29) is 25.3 Å². The Morgan fingerprint density at radius 3 is 2.55 bits per heavy atom. The van der Waals surface area contributed by atoms with E-state index in [1.165, 1.54) is 9.95 Å². The number of thiazole rings is 1. The van der Waals surface area contributed by atoms with Gasteiger partial charge in [-0.2, -0.15) is 18.3 Å². The average molecular weight is 437 g/mol. The third-order valence-corrected chi connectivity index (χ3v) is 5.95. The molecule has 3 atom stereocenters. The highest BCUT2D eigenvalue weighted by atomic mass is 32.1. The molecule has 158 valence electrons. The number of halogens is 5. The van der Waals surface area contributed by atoms with Crippen LogP contribution in [0, 0.1) is 0 Å². The molecule has 0 aromatic carbocycles. The summed E-state index contributed by atoms with van der Waals surface area (Å²) in [6.07, 6.45) is -6.81. The van der Waals surface area contributed by atoms with Crippen molar-refractivity contribution in [2.75, 3.05) is 13.1 Å². The molecule has 1 saturated heterocycles. The molecule has 1 amide bonds. The Morgan fingerprint density at radius 2 is 1.93 bits per heavy atom. The van der Waals surface area contributed by atoms with Crippen LogP contribution in [-0.4, -0.2) is 55.6 Å². The quantitative estimate of drug-likeness (QED) is 0.689. The zero-order valence-electron chi connectivity index (χ0n) is 14.9. The maximum Gasteiger partial charge on any atom is 0.443 e. The predicted octanol–water partition coefficient (Wildman–Crippen LogP) is 1.96. The molecule has 7 nitrogen and oxygen atoms in total. The van der Waals surface area contributed by atoms with Crippen LogP contribution >= 0.6 is 11.3 Å². The van der Waals surface area contributed by atoms with Gasteiger partial charge in [0.25, 0.3) is 0 Å². The molecule has 0 bridgehead atoms. The van der Waals surface area contributed by atoms with Gasteiger partial charge in [-0.1, -0.05) is 0 Å². The standard InChI is InChI=1S/C16H16F5N5O2S/c17-9-5-24(6-10(9)18)13(27)11-2-1-3-12-23-25(15(28)26(11)12)4-8-7-29-14(22-8)16(19,20)21/h7,9-11H,1-6H2/t9-,10+,11-/m0/s1. The lowest BCUT2D eigenvalue weighted by molar-refractivity contribution is -0.137. The van der Waals surface area contributed by atoms with Crippen LogP contribution in [0.2, 0.25) is 0 Å². The molecule has 4 heterocycles. The predicted molar refractivity (Wildman–Crippen MR) is 91.1 cm³/mol. The van der Waals surface area contributed by atoms with Crippen molar-refractivity contribution in [1.82, 2.24) is 24.2 Å². The minimum absolute atomic E-state index is 0.0304. The molecule has 2 aromatic heterocycles. The van der Waals surface area contributed by atoms with E-state index in [0.717, 1.165) is 9.58 Å². The van der Waals surface area contributed by atoms with Crippen LogP contribution in [0.1, 0.15) is 35.4 Å². The SMILES string of the molecule is O=C([C@@H]1CCCc2nn(Cc3csc(C(F)(F)F)n3)c(=O)n21)N1C[C@@H](F)[C@@H](F)C1. The van der Waals surface area contributed by atoms with E-state index in [1.807, 2.05) is 0 Å². The third-order valence-electron chi connectivity index (χ3n) is 5.02. The summed E-state index contributed by atoms with van der Waals surface area (Å²) in [6, 6.07) is -0.932. The molecule has 2 aliphatic rings. The van der Waals surface area contributed by atoms with Crippen LogP contribution < -0.4 is 5.69 Å². The fraction of sp³-hybridized carbons (Fsp3) is 0.625. The van der Waals surface area contributed by atoms with Gasteiger partial charge in [0.1, 0.15) is 11.9 Å². The van der Waals surface area contributed by atoms with Gasteiger partial charge in [0.2, 0.25) is 5.91 Å². The van der Waals surface area contributed by atoms with Crippen molar-refractivity contribution in [2.45, 2.75) is 50.4 Å². The number of amides is 1. The first-order valence-electron chi connectivity index (χ1n) is 8.92. The molecule has 2 aliphatic heterocycles. The number of alkyl halides is 5. The number of carbonyl (C=O) groups is 1. The molecule has 0 spiro atoms. The lowest BCUT2D eigenvalue weighted by Crippen LogP contribution is -2.42. The second kappa shape index (κ2) is 7.18. The summed E-state index contributed by atoms with van der Waals surface area (Å²) in [6.45, 7) is -1.00. The number of hydrogen-bond acceptors (Lipinski definition) is 5. The summed E-state index contributed by atoms with van der Waals surface area (Å²) in [7, 11) is 0. The van der Waals surface area contributed by atoms with Gasteiger partial charge in [-0.25, -0.2) is 23.2 Å². The number of fused-ring (bicyclic) bond motifs is 1. The molecule has 0 unspecified atom stereocenters. The largest absolute Gasteiger partial charge is 0.443 e. The molecular formula is C16H16F5N5O2S. The Balaban J connectivity index is 1.59. The van der Waals surface area contributed by atoms with Gasteiger partial charge in [-0.15, -0.1) is 11.3 Å². The van der Waals surface area contributed by atoms with E-state index in [2.05, 4.69) is 10.1 Å². The fourth-order valence-electron chi connectivity index (χ4n) is 3.65. The minimum atomic E-state index is -4.57. The molecule has 1 fully saturated rings. The molecule has 0 aliphatic carbocycles. The molecule has 4 rings (SSSR count). The van der Waals surface area contributed by atoms with Gasteiger partial charge in [0, 0.05) is 11.8 Å². The first kappa shape index (κ1) is 20.0. The maximum atomic E-state index is 13.5. The van der Waals surface area contributed by atoms with Crippen molar-refractivity contribution in [3.8, 4) is 0 Å². The number of aryl methyl sites for hydroxylation is 1. The highest BCUT2D eigenvalue weighted by molar-refractivity contribution is 7.09. The van der Waals surface area contributed by atoms with Gasteiger partial charge in [0.05, 0.1) is 25.3 Å². The summed E-state index contributed by atoms with van der Waals surface area (Å²) in [4.78, 5) is 30.1. The highest BCUT2D eigenvalue weighted by Gasteiger charge is 2.40. The van der Waals surface area contributed by atoms with Crippen molar-refractivity contribution in [1.29, 1.82) is 0 Å². The van der Waals surface area contributed by atoms with E-state index >= 15 is 0 Å². The molecule has 13 heteroatoms. The molecular weight excluding hydrogens is 421 g/mol. The number of likely N-dealkylation sites (tertiary alicyclic amines) is 1. The monoisotopic (exact) mass is 437 g/mol. The Bertz CT molecular complexity index is 973. The second-order valence-corrected chi connectivity index (χ2v) is 7.91. The highest BCUT2D eigenvalue weighted by Crippen LogP contribution is 2.32. The topological polar surface area (TPSA) is 73.0 Å². The Hall–Kier alpha value is -2.31. The average Bonchev–Trinajstić information content (AvgIpc) is 3.34. The summed E-state index contributed by atoms with van der Waals surface area (Å²) in [5, 5.41) is 4.32. The van der Waals surface area contributed by atoms with Crippen LogP contribution in [0.3, 0.4) is 0 Å². The van der Waals surface area contributed by atoms with E-state index < -0.39 is 41.2 Å². The van der Waals surface area contributed by atoms with E-state index in [4.69, 9.17) is 0 Å². The Morgan fingerprint density at radius 1 is 1.24 bits per heavy atom. The smallest absolute Gasteiger partial charge is 0.335 e. The molecule has 29 heavy (non-hydrogen) atoms. The first-order valence-corrected chi connectivity index (χ1v) is 9.80. The van der Waals surface area contributed by atoms with E-state index in [0.29, 0.717) is 36.4 Å². The minimum Gasteiger partial charge on any atom is -0.335 e. The van der Waals surface area contributed by atoms with Gasteiger partial charge in [-0.3, -0.25) is 9.36 Å². The van der Waals surface area contributed by atoms with Crippen LogP contribution in [0.25, 0.3) is 0 Å². The fourth-order valence-corrected chi connectivity index (χ4v) is 4.33. The van der Waals surface area contributed by atoms with Gasteiger partial charge in [0.15, 0.2) is 17.4 Å². The van der Waals surface area contributed by atoms with Crippen LogP contribution in [0.5, 0.6) is 0 Å². The maximum absolute atomic E-state index is 13.5.